The normalized spacial score (nSPS) is 11.0. The van der Waals surface area contributed by atoms with Gasteiger partial charge in [-0.15, -0.1) is 0 Å². The predicted molar refractivity (Wildman–Crippen MR) is 64.1 cm³/mol. The van der Waals surface area contributed by atoms with Gasteiger partial charge >= 0.3 is 5.97 Å². The molecule has 0 fully saturated rings. The fourth-order valence-electron chi connectivity index (χ4n) is 1.20. The van der Waals surface area contributed by atoms with Crippen molar-refractivity contribution in [3.8, 4) is 0 Å². The first kappa shape index (κ1) is 14.6. The fourth-order valence-corrected chi connectivity index (χ4v) is 1.20. The molecule has 0 aromatic carbocycles. The lowest BCUT2D eigenvalue weighted by Crippen LogP contribution is -2.16. The topological polar surface area (TPSA) is 43.4 Å². The third-order valence-electron chi connectivity index (χ3n) is 2.02. The van der Waals surface area contributed by atoms with E-state index in [2.05, 4.69) is 6.58 Å². The molecule has 90 valence electrons. The van der Waals surface area contributed by atoms with Crippen LogP contribution in [-0.4, -0.2) is 18.4 Å². The molecule has 0 aromatic heterocycles. The number of carbonyl (C=O) groups excluding carboxylic acids is 2. The molecular weight excluding hydrogens is 204 g/mol. The van der Waals surface area contributed by atoms with Crippen molar-refractivity contribution in [3.63, 3.8) is 0 Å². The van der Waals surface area contributed by atoms with Crippen molar-refractivity contribution in [1.82, 2.24) is 0 Å². The summed E-state index contributed by atoms with van der Waals surface area (Å²) in [6.45, 7) is 7.48. The van der Waals surface area contributed by atoms with Gasteiger partial charge in [0.1, 0.15) is 6.61 Å². The van der Waals surface area contributed by atoms with Crippen LogP contribution in [0.4, 0.5) is 0 Å². The second-order valence-corrected chi connectivity index (χ2v) is 3.44. The summed E-state index contributed by atoms with van der Waals surface area (Å²) in [4.78, 5) is 23.2. The van der Waals surface area contributed by atoms with E-state index in [0.717, 1.165) is 12.8 Å². The molecule has 0 unspecified atom stereocenters. The van der Waals surface area contributed by atoms with Crippen LogP contribution in [0.2, 0.25) is 0 Å². The number of carbonyl (C=O) groups is 2. The Hall–Kier alpha value is -1.38. The lowest BCUT2D eigenvalue weighted by Gasteiger charge is -2.05. The van der Waals surface area contributed by atoms with Gasteiger partial charge in [-0.1, -0.05) is 39.0 Å². The highest BCUT2D eigenvalue weighted by atomic mass is 16.5. The van der Waals surface area contributed by atoms with Crippen molar-refractivity contribution >= 4 is 11.8 Å². The molecule has 0 aliphatic heterocycles. The largest absolute Gasteiger partial charge is 0.458 e. The third kappa shape index (κ3) is 5.49. The molecule has 3 heteroatoms. The van der Waals surface area contributed by atoms with Gasteiger partial charge in [0.15, 0.2) is 5.78 Å². The first-order valence-electron chi connectivity index (χ1n) is 5.68. The van der Waals surface area contributed by atoms with Crippen molar-refractivity contribution in [1.29, 1.82) is 0 Å². The number of hydrogen-bond donors (Lipinski definition) is 0. The molecule has 3 nitrogen and oxygen atoms in total. The molecular formula is C13H20O3. The monoisotopic (exact) mass is 224 g/mol. The maximum Gasteiger partial charge on any atom is 0.341 e. The molecule has 0 amide bonds. The van der Waals surface area contributed by atoms with E-state index in [4.69, 9.17) is 4.74 Å². The van der Waals surface area contributed by atoms with Crippen molar-refractivity contribution in [2.24, 2.45) is 0 Å². The number of Topliss-reactive ketones (excluding diaryl/α,β-unsaturated/α-hetero) is 1. The van der Waals surface area contributed by atoms with Gasteiger partial charge < -0.3 is 4.74 Å². The summed E-state index contributed by atoms with van der Waals surface area (Å²) in [5.74, 6) is -0.666. The summed E-state index contributed by atoms with van der Waals surface area (Å²) >= 11 is 0. The molecule has 0 radical (unpaired) electrons. The molecule has 0 atom stereocenters. The summed E-state index contributed by atoms with van der Waals surface area (Å²) in [5.41, 5.74) is 0.179. The second kappa shape index (κ2) is 8.89. The molecule has 0 saturated carbocycles. The Morgan fingerprint density at radius 1 is 1.31 bits per heavy atom. The number of allylic oxidation sites excluding steroid dienone is 1. The maximum atomic E-state index is 11.7. The van der Waals surface area contributed by atoms with Gasteiger partial charge in [0.25, 0.3) is 0 Å². The summed E-state index contributed by atoms with van der Waals surface area (Å²) in [6.07, 6.45) is 5.91. The number of esters is 1. The summed E-state index contributed by atoms with van der Waals surface area (Å²) in [6, 6.07) is 0. The minimum Gasteiger partial charge on any atom is -0.458 e. The smallest absolute Gasteiger partial charge is 0.341 e. The molecule has 0 heterocycles. The van der Waals surface area contributed by atoms with Crippen LogP contribution in [0.1, 0.15) is 39.5 Å². The minimum absolute atomic E-state index is 0.127. The Morgan fingerprint density at radius 3 is 2.50 bits per heavy atom. The first-order chi connectivity index (χ1) is 7.67. The van der Waals surface area contributed by atoms with E-state index in [-0.39, 0.29) is 18.0 Å². The number of ketones is 1. The van der Waals surface area contributed by atoms with Crippen molar-refractivity contribution < 1.29 is 14.3 Å². The van der Waals surface area contributed by atoms with Crippen LogP contribution >= 0.6 is 0 Å². The standard InChI is InChI=1S/C13H20O3/c1-4-7-9-12(14)11(8-5-2)13(15)16-10-6-3/h6,8H,3-5,7,9-10H2,1-2H3/b11-8-. The van der Waals surface area contributed by atoms with Crippen LogP contribution in [0.25, 0.3) is 0 Å². The fraction of sp³-hybridized carbons (Fsp3) is 0.538. The molecule has 0 aliphatic carbocycles. The van der Waals surface area contributed by atoms with E-state index in [0.29, 0.717) is 12.8 Å². The Kier molecular flexibility index (Phi) is 8.12. The van der Waals surface area contributed by atoms with Gasteiger partial charge in [-0.25, -0.2) is 4.79 Å². The Bertz CT molecular complexity index is 277. The second-order valence-electron chi connectivity index (χ2n) is 3.44. The number of hydrogen-bond acceptors (Lipinski definition) is 3. The van der Waals surface area contributed by atoms with Crippen molar-refractivity contribution in [3.05, 3.63) is 24.3 Å². The number of rotatable bonds is 8. The molecule has 0 spiro atoms. The van der Waals surface area contributed by atoms with Gasteiger partial charge in [0, 0.05) is 6.42 Å². The van der Waals surface area contributed by atoms with E-state index >= 15 is 0 Å². The Labute approximate surface area is 97.2 Å². The van der Waals surface area contributed by atoms with Gasteiger partial charge in [-0.05, 0) is 12.8 Å². The van der Waals surface area contributed by atoms with E-state index in [1.165, 1.54) is 6.08 Å². The zero-order chi connectivity index (χ0) is 12.4. The van der Waals surface area contributed by atoms with E-state index < -0.39 is 5.97 Å². The van der Waals surface area contributed by atoms with E-state index in [1.807, 2.05) is 13.8 Å². The van der Waals surface area contributed by atoms with Gasteiger partial charge in [0.2, 0.25) is 0 Å². The molecule has 0 aromatic rings. The third-order valence-corrected chi connectivity index (χ3v) is 2.02. The summed E-state index contributed by atoms with van der Waals surface area (Å²) in [5, 5.41) is 0. The van der Waals surface area contributed by atoms with Gasteiger partial charge in [-0.3, -0.25) is 4.79 Å². The van der Waals surface area contributed by atoms with E-state index in [1.54, 1.807) is 6.08 Å². The van der Waals surface area contributed by atoms with Crippen LogP contribution < -0.4 is 0 Å². The van der Waals surface area contributed by atoms with Crippen LogP contribution in [0.5, 0.6) is 0 Å². The molecule has 0 rings (SSSR count). The molecule has 0 N–H and O–H groups in total. The maximum absolute atomic E-state index is 11.7. The number of ether oxygens (including phenoxy) is 1. The van der Waals surface area contributed by atoms with Crippen LogP contribution in [-0.2, 0) is 14.3 Å². The average Bonchev–Trinajstić information content (AvgIpc) is 2.29. The molecule has 0 aliphatic rings. The van der Waals surface area contributed by atoms with Crippen LogP contribution in [0.3, 0.4) is 0 Å². The molecule has 0 bridgehead atoms. The molecule has 16 heavy (non-hydrogen) atoms. The van der Waals surface area contributed by atoms with Crippen molar-refractivity contribution in [2.75, 3.05) is 6.61 Å². The van der Waals surface area contributed by atoms with Gasteiger partial charge in [0.05, 0.1) is 5.57 Å². The van der Waals surface area contributed by atoms with Gasteiger partial charge in [-0.2, -0.15) is 0 Å². The SMILES string of the molecule is C=CCOC(=O)/C(=C\CC)C(=O)CCCC. The summed E-state index contributed by atoms with van der Waals surface area (Å²) < 4.78 is 4.86. The average molecular weight is 224 g/mol. The van der Waals surface area contributed by atoms with Crippen LogP contribution in [0, 0.1) is 0 Å². The minimum atomic E-state index is -0.539. The number of unbranched alkanes of at least 4 members (excludes halogenated alkanes) is 1. The summed E-state index contributed by atoms with van der Waals surface area (Å²) in [7, 11) is 0. The Morgan fingerprint density at radius 2 is 2.00 bits per heavy atom. The lowest BCUT2D eigenvalue weighted by molar-refractivity contribution is -0.139. The zero-order valence-electron chi connectivity index (χ0n) is 10.1. The lowest BCUT2D eigenvalue weighted by atomic mass is 10.1. The predicted octanol–water partition coefficient (Wildman–Crippen LogP) is 2.81. The van der Waals surface area contributed by atoms with E-state index in [9.17, 15) is 9.59 Å². The van der Waals surface area contributed by atoms with Crippen molar-refractivity contribution in [2.45, 2.75) is 39.5 Å². The molecule has 0 saturated heterocycles. The Balaban J connectivity index is 4.47. The first-order valence-corrected chi connectivity index (χ1v) is 5.68. The highest BCUT2D eigenvalue weighted by Gasteiger charge is 2.17. The van der Waals surface area contributed by atoms with Crippen LogP contribution in [0.15, 0.2) is 24.3 Å². The quantitative estimate of drug-likeness (QED) is 0.209. The zero-order valence-corrected chi connectivity index (χ0v) is 10.1. The highest BCUT2D eigenvalue weighted by Crippen LogP contribution is 2.08. The highest BCUT2D eigenvalue weighted by molar-refractivity contribution is 6.17.